The number of carbonyl (C=O) groups is 1. The number of quaternary nitrogens is 1. The van der Waals surface area contributed by atoms with E-state index in [-0.39, 0.29) is 17.0 Å². The van der Waals surface area contributed by atoms with Gasteiger partial charge in [-0.2, -0.15) is 0 Å². The lowest BCUT2D eigenvalue weighted by Gasteiger charge is -2.38. The molecule has 0 bridgehead atoms. The quantitative estimate of drug-likeness (QED) is 0.766. The standard InChI is InChI=1S/C15H29NO2/c1-6-15(5,7-2)13(17)18-14(3,4)12-8-10-16-11-9-12/h12,16H,6-11H2,1-5H3/p+1. The average Bonchev–Trinajstić information content (AvgIpc) is 2.38. The molecule has 1 heterocycles. The fourth-order valence-electron chi connectivity index (χ4n) is 2.61. The van der Waals surface area contributed by atoms with E-state index in [1.54, 1.807) is 0 Å². The molecule has 1 saturated heterocycles. The molecule has 0 aromatic rings. The summed E-state index contributed by atoms with van der Waals surface area (Å²) in [5, 5.41) is 2.34. The number of hydrogen-bond donors (Lipinski definition) is 1. The fourth-order valence-corrected chi connectivity index (χ4v) is 2.61. The summed E-state index contributed by atoms with van der Waals surface area (Å²) in [7, 11) is 0. The second-order valence-electron chi connectivity index (χ2n) is 6.40. The van der Waals surface area contributed by atoms with Crippen LogP contribution in [0.25, 0.3) is 0 Å². The van der Waals surface area contributed by atoms with E-state index in [1.165, 1.54) is 0 Å². The molecule has 0 saturated carbocycles. The molecule has 0 atom stereocenters. The molecule has 1 fully saturated rings. The first-order valence-electron chi connectivity index (χ1n) is 7.41. The normalized spacial score (nSPS) is 18.7. The first kappa shape index (κ1) is 15.5. The zero-order chi connectivity index (χ0) is 13.8. The lowest BCUT2D eigenvalue weighted by molar-refractivity contribution is -0.665. The number of hydrogen-bond acceptors (Lipinski definition) is 2. The Balaban J connectivity index is 2.66. The Morgan fingerprint density at radius 1 is 1.17 bits per heavy atom. The number of esters is 1. The summed E-state index contributed by atoms with van der Waals surface area (Å²) in [5.41, 5.74) is -0.644. The highest BCUT2D eigenvalue weighted by Gasteiger charge is 2.40. The fraction of sp³-hybridized carbons (Fsp3) is 0.933. The van der Waals surface area contributed by atoms with Gasteiger partial charge in [0.05, 0.1) is 18.5 Å². The molecule has 1 aliphatic rings. The first-order valence-corrected chi connectivity index (χ1v) is 7.41. The van der Waals surface area contributed by atoms with Crippen molar-refractivity contribution in [1.29, 1.82) is 0 Å². The van der Waals surface area contributed by atoms with Gasteiger partial charge in [0.25, 0.3) is 0 Å². The molecule has 3 nitrogen and oxygen atoms in total. The third-order valence-corrected chi connectivity index (χ3v) is 4.83. The Labute approximate surface area is 112 Å². The van der Waals surface area contributed by atoms with Crippen LogP contribution in [0.4, 0.5) is 0 Å². The van der Waals surface area contributed by atoms with Crippen molar-refractivity contribution in [3.05, 3.63) is 0 Å². The van der Waals surface area contributed by atoms with E-state index < -0.39 is 0 Å². The maximum Gasteiger partial charge on any atom is 0.312 e. The molecule has 1 rings (SSSR count). The van der Waals surface area contributed by atoms with Crippen molar-refractivity contribution in [2.75, 3.05) is 13.1 Å². The van der Waals surface area contributed by atoms with Gasteiger partial charge in [0.1, 0.15) is 5.60 Å². The highest BCUT2D eigenvalue weighted by Crippen LogP contribution is 2.33. The van der Waals surface area contributed by atoms with E-state index in [2.05, 4.69) is 33.0 Å². The van der Waals surface area contributed by atoms with Gasteiger partial charge in [-0.25, -0.2) is 0 Å². The molecule has 0 spiro atoms. The molecule has 0 radical (unpaired) electrons. The molecule has 0 unspecified atom stereocenters. The highest BCUT2D eigenvalue weighted by atomic mass is 16.6. The van der Waals surface area contributed by atoms with E-state index in [1.807, 2.05) is 6.92 Å². The zero-order valence-electron chi connectivity index (χ0n) is 12.7. The van der Waals surface area contributed by atoms with Gasteiger partial charge >= 0.3 is 5.97 Å². The summed E-state index contributed by atoms with van der Waals surface area (Å²) in [6, 6.07) is 0. The summed E-state index contributed by atoms with van der Waals surface area (Å²) in [6.45, 7) is 12.6. The van der Waals surface area contributed by atoms with Gasteiger partial charge in [0, 0.05) is 18.8 Å². The third-order valence-electron chi connectivity index (χ3n) is 4.83. The van der Waals surface area contributed by atoms with Crippen LogP contribution in [0, 0.1) is 11.3 Å². The van der Waals surface area contributed by atoms with Crippen molar-refractivity contribution in [2.45, 2.75) is 65.9 Å². The summed E-state index contributed by atoms with van der Waals surface area (Å²) >= 11 is 0. The Morgan fingerprint density at radius 3 is 2.11 bits per heavy atom. The first-order chi connectivity index (χ1) is 8.35. The van der Waals surface area contributed by atoms with Gasteiger partial charge in [0.2, 0.25) is 0 Å². The third kappa shape index (κ3) is 3.47. The van der Waals surface area contributed by atoms with Crippen molar-refractivity contribution in [3.8, 4) is 0 Å². The van der Waals surface area contributed by atoms with Crippen LogP contribution in [-0.4, -0.2) is 24.7 Å². The number of carbonyl (C=O) groups excluding carboxylic acids is 1. The number of nitrogens with two attached hydrogens (primary N) is 1. The smallest absolute Gasteiger partial charge is 0.312 e. The van der Waals surface area contributed by atoms with Crippen molar-refractivity contribution in [3.63, 3.8) is 0 Å². The lowest BCUT2D eigenvalue weighted by Crippen LogP contribution is -2.86. The van der Waals surface area contributed by atoms with Gasteiger partial charge in [-0.05, 0) is 33.6 Å². The molecule has 0 aliphatic carbocycles. The van der Waals surface area contributed by atoms with E-state index >= 15 is 0 Å². The monoisotopic (exact) mass is 256 g/mol. The van der Waals surface area contributed by atoms with E-state index in [0.717, 1.165) is 38.8 Å². The molecule has 1 aliphatic heterocycles. The van der Waals surface area contributed by atoms with Crippen LogP contribution in [0.15, 0.2) is 0 Å². The van der Waals surface area contributed by atoms with Gasteiger partial charge in [0.15, 0.2) is 0 Å². The SMILES string of the molecule is CCC(C)(CC)C(=O)OC(C)(C)C1CC[NH2+]CC1. The van der Waals surface area contributed by atoms with Crippen LogP contribution >= 0.6 is 0 Å². The van der Waals surface area contributed by atoms with Gasteiger partial charge in [-0.3, -0.25) is 4.79 Å². The Hall–Kier alpha value is -0.570. The van der Waals surface area contributed by atoms with Crippen LogP contribution in [0.2, 0.25) is 0 Å². The zero-order valence-corrected chi connectivity index (χ0v) is 12.7. The van der Waals surface area contributed by atoms with E-state index in [4.69, 9.17) is 4.74 Å². The minimum atomic E-state index is -0.322. The van der Waals surface area contributed by atoms with Crippen molar-refractivity contribution in [1.82, 2.24) is 0 Å². The largest absolute Gasteiger partial charge is 0.459 e. The summed E-state index contributed by atoms with van der Waals surface area (Å²) in [5.74, 6) is 0.483. The Morgan fingerprint density at radius 2 is 1.67 bits per heavy atom. The molecule has 18 heavy (non-hydrogen) atoms. The second kappa shape index (κ2) is 6.05. The van der Waals surface area contributed by atoms with Gasteiger partial charge < -0.3 is 10.1 Å². The van der Waals surface area contributed by atoms with Crippen LogP contribution in [0.3, 0.4) is 0 Å². The minimum absolute atomic E-state index is 0.0212. The molecule has 0 aromatic carbocycles. The summed E-state index contributed by atoms with van der Waals surface area (Å²) in [4.78, 5) is 12.4. The van der Waals surface area contributed by atoms with Gasteiger partial charge in [-0.1, -0.05) is 13.8 Å². The van der Waals surface area contributed by atoms with Gasteiger partial charge in [-0.15, -0.1) is 0 Å². The molecule has 3 heteroatoms. The number of rotatable bonds is 5. The van der Waals surface area contributed by atoms with E-state index in [0.29, 0.717) is 5.92 Å². The highest BCUT2D eigenvalue weighted by molar-refractivity contribution is 5.76. The van der Waals surface area contributed by atoms with Crippen LogP contribution in [0.1, 0.15) is 60.3 Å². The number of ether oxygens (including phenoxy) is 1. The van der Waals surface area contributed by atoms with Crippen LogP contribution in [0.5, 0.6) is 0 Å². The minimum Gasteiger partial charge on any atom is -0.459 e. The maximum atomic E-state index is 12.4. The average molecular weight is 256 g/mol. The van der Waals surface area contributed by atoms with Crippen LogP contribution in [-0.2, 0) is 9.53 Å². The van der Waals surface area contributed by atoms with Crippen molar-refractivity contribution < 1.29 is 14.8 Å². The van der Waals surface area contributed by atoms with E-state index in [9.17, 15) is 4.79 Å². The summed E-state index contributed by atoms with van der Waals surface area (Å²) in [6.07, 6.45) is 3.98. The topological polar surface area (TPSA) is 42.9 Å². The Bertz CT molecular complexity index is 276. The molecular weight excluding hydrogens is 226 g/mol. The maximum absolute atomic E-state index is 12.4. The molecule has 0 amide bonds. The van der Waals surface area contributed by atoms with Crippen molar-refractivity contribution >= 4 is 5.97 Å². The summed E-state index contributed by atoms with van der Waals surface area (Å²) < 4.78 is 5.87. The number of piperidine rings is 1. The molecule has 0 aromatic heterocycles. The predicted molar refractivity (Wildman–Crippen MR) is 73.2 cm³/mol. The second-order valence-corrected chi connectivity index (χ2v) is 6.40. The predicted octanol–water partition coefficient (Wildman–Crippen LogP) is 2.11. The molecular formula is C15H30NO2+. The van der Waals surface area contributed by atoms with Crippen molar-refractivity contribution in [2.24, 2.45) is 11.3 Å². The van der Waals surface area contributed by atoms with Crippen LogP contribution < -0.4 is 5.32 Å². The molecule has 106 valence electrons. The Kier molecular flexibility index (Phi) is 5.20. The molecule has 2 N–H and O–H groups in total. The lowest BCUT2D eigenvalue weighted by atomic mass is 9.81.